The predicted octanol–water partition coefficient (Wildman–Crippen LogP) is 10.1. The van der Waals surface area contributed by atoms with Gasteiger partial charge in [-0.05, 0) is 77.4 Å². The normalized spacial score (nSPS) is 11.9. The number of thiophene rings is 1. The molecule has 184 valence electrons. The van der Waals surface area contributed by atoms with E-state index in [2.05, 4.69) is 129 Å². The van der Waals surface area contributed by atoms with Crippen molar-refractivity contribution in [3.8, 4) is 28.2 Å². The molecule has 0 radical (unpaired) electrons. The average molecular weight is 501 g/mol. The first-order chi connectivity index (χ1) is 17.9. The zero-order valence-electron chi connectivity index (χ0n) is 22.1. The zero-order chi connectivity index (χ0) is 25.7. The molecule has 37 heavy (non-hydrogen) atoms. The third-order valence-corrected chi connectivity index (χ3v) is 8.24. The maximum Gasteiger partial charge on any atom is 0.147 e. The van der Waals surface area contributed by atoms with Crippen molar-refractivity contribution in [2.75, 3.05) is 0 Å². The Balaban J connectivity index is 1.72. The first kappa shape index (κ1) is 23.7. The van der Waals surface area contributed by atoms with Crippen LogP contribution in [-0.4, -0.2) is 9.55 Å². The molecule has 0 aliphatic heterocycles. The molecule has 0 atom stereocenters. The van der Waals surface area contributed by atoms with Crippen molar-refractivity contribution in [3.05, 3.63) is 107 Å². The van der Waals surface area contributed by atoms with E-state index in [-0.39, 0.29) is 0 Å². The Morgan fingerprint density at radius 3 is 2.11 bits per heavy atom. The summed E-state index contributed by atoms with van der Waals surface area (Å²) >= 11 is 1.80. The Morgan fingerprint density at radius 1 is 0.730 bits per heavy atom. The van der Waals surface area contributed by atoms with Crippen LogP contribution in [0.5, 0.6) is 0 Å². The first-order valence-electron chi connectivity index (χ1n) is 13.1. The summed E-state index contributed by atoms with van der Waals surface area (Å²) in [5, 5.41) is 3.56. The number of hydrogen-bond acceptors (Lipinski definition) is 2. The van der Waals surface area contributed by atoms with Crippen molar-refractivity contribution >= 4 is 32.5 Å². The van der Waals surface area contributed by atoms with Gasteiger partial charge in [0, 0.05) is 21.0 Å². The monoisotopic (exact) mass is 500 g/mol. The summed E-state index contributed by atoms with van der Waals surface area (Å²) in [6.45, 7) is 11.4. The van der Waals surface area contributed by atoms with Gasteiger partial charge >= 0.3 is 0 Å². The Hall–Kier alpha value is -3.69. The fourth-order valence-corrected chi connectivity index (χ4v) is 6.28. The van der Waals surface area contributed by atoms with Gasteiger partial charge < -0.3 is 0 Å². The number of hydrogen-bond donors (Lipinski definition) is 0. The van der Waals surface area contributed by atoms with Gasteiger partial charge in [0.25, 0.3) is 0 Å². The molecule has 4 aromatic carbocycles. The second-order valence-corrected chi connectivity index (χ2v) is 11.5. The summed E-state index contributed by atoms with van der Waals surface area (Å²) in [5.74, 6) is 1.73. The fraction of sp³-hybridized carbons (Fsp3) is 0.206. The van der Waals surface area contributed by atoms with Crippen LogP contribution in [-0.2, 0) is 0 Å². The first-order valence-corrected chi connectivity index (χ1v) is 14.0. The van der Waals surface area contributed by atoms with Gasteiger partial charge in [-0.25, -0.2) is 4.98 Å². The number of aromatic nitrogens is 2. The maximum atomic E-state index is 5.26. The molecule has 2 aromatic heterocycles. The van der Waals surface area contributed by atoms with Gasteiger partial charge in [0.1, 0.15) is 5.82 Å². The highest BCUT2D eigenvalue weighted by molar-refractivity contribution is 7.17. The van der Waals surface area contributed by atoms with Crippen LogP contribution in [0.4, 0.5) is 0 Å². The number of para-hydroxylation sites is 2. The van der Waals surface area contributed by atoms with E-state index in [1.165, 1.54) is 49.2 Å². The van der Waals surface area contributed by atoms with E-state index in [0.717, 1.165) is 16.9 Å². The topological polar surface area (TPSA) is 17.8 Å². The molecule has 0 spiro atoms. The molecular formula is C34H32N2S. The van der Waals surface area contributed by atoms with Crippen molar-refractivity contribution in [3.63, 3.8) is 0 Å². The molecule has 0 amide bonds. The van der Waals surface area contributed by atoms with Crippen LogP contribution in [0, 0.1) is 6.92 Å². The molecule has 0 bridgehead atoms. The molecule has 2 heterocycles. The predicted molar refractivity (Wildman–Crippen MR) is 160 cm³/mol. The Labute approximate surface area is 223 Å². The number of nitrogens with zero attached hydrogens (tertiary/aromatic N) is 2. The fourth-order valence-electron chi connectivity index (χ4n) is 5.36. The molecule has 0 unspecified atom stereocenters. The quantitative estimate of drug-likeness (QED) is 0.230. The maximum absolute atomic E-state index is 5.26. The molecule has 0 N–H and O–H groups in total. The van der Waals surface area contributed by atoms with E-state index in [0.29, 0.717) is 11.8 Å². The minimum Gasteiger partial charge on any atom is -0.292 e. The second kappa shape index (κ2) is 9.32. The summed E-state index contributed by atoms with van der Waals surface area (Å²) in [6.07, 6.45) is 0. The summed E-state index contributed by atoms with van der Waals surface area (Å²) in [5.41, 5.74) is 11.2. The van der Waals surface area contributed by atoms with Crippen LogP contribution >= 0.6 is 11.3 Å². The van der Waals surface area contributed by atoms with Crippen LogP contribution in [0.25, 0.3) is 49.3 Å². The molecular weight excluding hydrogens is 468 g/mol. The van der Waals surface area contributed by atoms with Crippen LogP contribution < -0.4 is 0 Å². The van der Waals surface area contributed by atoms with Gasteiger partial charge in [0.05, 0.1) is 16.7 Å². The molecule has 0 aliphatic rings. The molecule has 0 saturated carbocycles. The van der Waals surface area contributed by atoms with E-state index in [1.54, 1.807) is 11.3 Å². The highest BCUT2D eigenvalue weighted by atomic mass is 32.1. The lowest BCUT2D eigenvalue weighted by Crippen LogP contribution is -2.09. The molecule has 2 nitrogen and oxygen atoms in total. The smallest absolute Gasteiger partial charge is 0.147 e. The van der Waals surface area contributed by atoms with E-state index >= 15 is 0 Å². The minimum atomic E-state index is 0.353. The third-order valence-electron chi connectivity index (χ3n) is 7.27. The van der Waals surface area contributed by atoms with Crippen LogP contribution in [0.15, 0.2) is 90.3 Å². The van der Waals surface area contributed by atoms with Crippen molar-refractivity contribution in [2.45, 2.75) is 46.5 Å². The highest BCUT2D eigenvalue weighted by Crippen LogP contribution is 2.42. The number of benzene rings is 4. The Kier molecular flexibility index (Phi) is 5.97. The summed E-state index contributed by atoms with van der Waals surface area (Å²) < 4.78 is 3.74. The van der Waals surface area contributed by atoms with Crippen molar-refractivity contribution in [1.82, 2.24) is 9.55 Å². The molecule has 0 fully saturated rings. The zero-order valence-corrected chi connectivity index (χ0v) is 22.9. The summed E-state index contributed by atoms with van der Waals surface area (Å²) in [6, 6.07) is 30.8. The summed E-state index contributed by atoms with van der Waals surface area (Å²) in [7, 11) is 0. The van der Waals surface area contributed by atoms with Crippen molar-refractivity contribution in [2.24, 2.45) is 0 Å². The van der Waals surface area contributed by atoms with E-state index < -0.39 is 0 Å². The van der Waals surface area contributed by atoms with Crippen molar-refractivity contribution in [1.29, 1.82) is 0 Å². The standard InChI is InChI=1S/C34H32N2S/c1-21(2)26-18-25(24-11-7-6-8-12-24)19-27(22(3)4)33(26)36-31-14-10-9-13-30(31)35-34(36)29-20-37-32-16-15-23(5)17-28(29)32/h6-22H,1-5H3. The van der Waals surface area contributed by atoms with Crippen LogP contribution in [0.2, 0.25) is 0 Å². The largest absolute Gasteiger partial charge is 0.292 e. The lowest BCUT2D eigenvalue weighted by Gasteiger charge is -2.24. The minimum absolute atomic E-state index is 0.353. The van der Waals surface area contributed by atoms with Gasteiger partial charge in [-0.2, -0.15) is 0 Å². The van der Waals surface area contributed by atoms with E-state index in [1.807, 2.05) is 0 Å². The van der Waals surface area contributed by atoms with Gasteiger partial charge in [-0.15, -0.1) is 11.3 Å². The lowest BCUT2D eigenvalue weighted by atomic mass is 9.88. The SMILES string of the molecule is Cc1ccc2scc(-c3nc4ccccc4n3-c3c(C(C)C)cc(-c4ccccc4)cc3C(C)C)c2c1. The van der Waals surface area contributed by atoms with Gasteiger partial charge in [0.2, 0.25) is 0 Å². The van der Waals surface area contributed by atoms with Gasteiger partial charge in [0.15, 0.2) is 0 Å². The molecule has 0 saturated heterocycles. The summed E-state index contributed by atoms with van der Waals surface area (Å²) in [4.78, 5) is 5.26. The third kappa shape index (κ3) is 4.08. The van der Waals surface area contributed by atoms with Gasteiger partial charge in [-0.3, -0.25) is 4.57 Å². The molecule has 6 aromatic rings. The molecule has 6 rings (SSSR count). The van der Waals surface area contributed by atoms with E-state index in [4.69, 9.17) is 4.98 Å². The second-order valence-electron chi connectivity index (χ2n) is 10.6. The lowest BCUT2D eigenvalue weighted by molar-refractivity contribution is 0.812. The number of imidazole rings is 1. The number of aryl methyl sites for hydroxylation is 1. The van der Waals surface area contributed by atoms with Crippen LogP contribution in [0.1, 0.15) is 56.2 Å². The van der Waals surface area contributed by atoms with E-state index in [9.17, 15) is 0 Å². The molecule has 0 aliphatic carbocycles. The van der Waals surface area contributed by atoms with Crippen molar-refractivity contribution < 1.29 is 0 Å². The van der Waals surface area contributed by atoms with Crippen LogP contribution in [0.3, 0.4) is 0 Å². The number of rotatable bonds is 5. The average Bonchev–Trinajstić information content (AvgIpc) is 3.49. The van der Waals surface area contributed by atoms with Gasteiger partial charge in [-0.1, -0.05) is 81.8 Å². The Morgan fingerprint density at radius 2 is 1.41 bits per heavy atom. The highest BCUT2D eigenvalue weighted by Gasteiger charge is 2.24. The number of fused-ring (bicyclic) bond motifs is 2. The Bertz CT molecular complexity index is 1710. The molecule has 3 heteroatoms.